The molecule has 0 fully saturated rings. The zero-order valence-electron chi connectivity index (χ0n) is 12.5. The first-order chi connectivity index (χ1) is 11.2. The summed E-state index contributed by atoms with van der Waals surface area (Å²) in [5, 5.41) is 0. The summed E-state index contributed by atoms with van der Waals surface area (Å²) in [5.41, 5.74) is 4.83. The molecule has 1 N–H and O–H groups in total. The second-order valence-corrected chi connectivity index (χ2v) is 5.36. The van der Waals surface area contributed by atoms with E-state index in [9.17, 15) is 4.79 Å². The lowest BCUT2D eigenvalue weighted by atomic mass is 10.1. The molecule has 0 atom stereocenters. The van der Waals surface area contributed by atoms with Gasteiger partial charge in [-0.25, -0.2) is 4.98 Å². The molecule has 4 aromatic rings. The van der Waals surface area contributed by atoms with Crippen molar-refractivity contribution < 1.29 is 0 Å². The summed E-state index contributed by atoms with van der Waals surface area (Å²) < 4.78 is 1.88. The third-order valence-electron chi connectivity index (χ3n) is 3.82. The lowest BCUT2D eigenvalue weighted by Crippen LogP contribution is -2.09. The van der Waals surface area contributed by atoms with Crippen LogP contribution in [0.15, 0.2) is 66.0 Å². The molecule has 0 unspecified atom stereocenters. The predicted molar refractivity (Wildman–Crippen MR) is 89.7 cm³/mol. The topological polar surface area (TPSA) is 63.6 Å². The first-order valence-electron chi connectivity index (χ1n) is 7.31. The van der Waals surface area contributed by atoms with Gasteiger partial charge in [-0.15, -0.1) is 0 Å². The highest BCUT2D eigenvalue weighted by atomic mass is 16.1. The van der Waals surface area contributed by atoms with E-state index in [1.54, 1.807) is 6.20 Å². The van der Waals surface area contributed by atoms with Gasteiger partial charge < -0.3 is 9.55 Å². The maximum atomic E-state index is 12.4. The smallest absolute Gasteiger partial charge is 0.275 e. The van der Waals surface area contributed by atoms with Gasteiger partial charge in [0.25, 0.3) is 5.56 Å². The van der Waals surface area contributed by atoms with Crippen LogP contribution >= 0.6 is 0 Å². The number of aromatic amines is 1. The van der Waals surface area contributed by atoms with Gasteiger partial charge in [-0.3, -0.25) is 9.78 Å². The minimum Gasteiger partial charge on any atom is -0.311 e. The van der Waals surface area contributed by atoms with Crippen LogP contribution in [0.3, 0.4) is 0 Å². The molecule has 5 heteroatoms. The highest BCUT2D eigenvalue weighted by molar-refractivity contribution is 5.93. The molecule has 0 aliphatic heterocycles. The molecule has 0 saturated carbocycles. The summed E-state index contributed by atoms with van der Waals surface area (Å²) >= 11 is 0. The summed E-state index contributed by atoms with van der Waals surface area (Å²) in [6.07, 6.45) is 5.16. The van der Waals surface area contributed by atoms with Crippen molar-refractivity contribution in [2.45, 2.75) is 6.92 Å². The first kappa shape index (κ1) is 13.5. The molecule has 23 heavy (non-hydrogen) atoms. The van der Waals surface area contributed by atoms with Crippen molar-refractivity contribution in [3.63, 3.8) is 0 Å². The Bertz CT molecular complexity index is 1050. The number of nitrogens with zero attached hydrogens (tertiary/aromatic N) is 3. The predicted octanol–water partition coefficient (Wildman–Crippen LogP) is 3.08. The largest absolute Gasteiger partial charge is 0.311 e. The Kier molecular flexibility index (Phi) is 3.05. The van der Waals surface area contributed by atoms with Crippen molar-refractivity contribution in [3.05, 3.63) is 77.2 Å². The van der Waals surface area contributed by atoms with E-state index < -0.39 is 0 Å². The third kappa shape index (κ3) is 2.23. The number of nitrogens with one attached hydrogen (secondary N) is 1. The summed E-state index contributed by atoms with van der Waals surface area (Å²) in [6, 6.07) is 13.7. The van der Waals surface area contributed by atoms with Gasteiger partial charge in [0.2, 0.25) is 0 Å². The number of para-hydroxylation sites is 1. The molecule has 0 radical (unpaired) electrons. The Balaban J connectivity index is 2.08. The van der Waals surface area contributed by atoms with E-state index in [4.69, 9.17) is 0 Å². The second-order valence-electron chi connectivity index (χ2n) is 5.36. The molecule has 0 bridgehead atoms. The van der Waals surface area contributed by atoms with Crippen LogP contribution in [-0.2, 0) is 0 Å². The fraction of sp³-hybridized carbons (Fsp3) is 0.0556. The second kappa shape index (κ2) is 5.21. The van der Waals surface area contributed by atoms with Crippen LogP contribution in [0, 0.1) is 6.92 Å². The lowest BCUT2D eigenvalue weighted by molar-refractivity contribution is 1.08. The van der Waals surface area contributed by atoms with Crippen LogP contribution in [0.1, 0.15) is 5.69 Å². The number of aromatic nitrogens is 4. The summed E-state index contributed by atoms with van der Waals surface area (Å²) in [5.74, 6) is 0. The van der Waals surface area contributed by atoms with E-state index in [1.165, 1.54) is 6.33 Å². The minimum absolute atomic E-state index is 0.157. The number of benzene rings is 1. The Hall–Kier alpha value is -3.21. The first-order valence-corrected chi connectivity index (χ1v) is 7.31. The van der Waals surface area contributed by atoms with Crippen molar-refractivity contribution in [3.8, 4) is 16.8 Å². The van der Waals surface area contributed by atoms with E-state index in [-0.39, 0.29) is 5.56 Å². The standard InChI is InChI=1S/C18H14N4O/c1-12-9-13(7-8-19-12)15-10-22(14-5-3-2-4-6-14)17-16(15)20-11-21-18(17)23/h2-11H,1H3,(H,20,21,23). The highest BCUT2D eigenvalue weighted by Gasteiger charge is 2.15. The summed E-state index contributed by atoms with van der Waals surface area (Å²) in [6.45, 7) is 1.94. The fourth-order valence-electron chi connectivity index (χ4n) is 2.78. The van der Waals surface area contributed by atoms with E-state index in [0.29, 0.717) is 11.0 Å². The Morgan fingerprint density at radius 2 is 1.91 bits per heavy atom. The van der Waals surface area contributed by atoms with Gasteiger partial charge in [0.05, 0.1) is 6.33 Å². The van der Waals surface area contributed by atoms with Crippen molar-refractivity contribution in [1.82, 2.24) is 19.5 Å². The van der Waals surface area contributed by atoms with Crippen LogP contribution in [0.4, 0.5) is 0 Å². The van der Waals surface area contributed by atoms with Crippen molar-refractivity contribution in [2.24, 2.45) is 0 Å². The van der Waals surface area contributed by atoms with Gasteiger partial charge in [0, 0.05) is 29.3 Å². The van der Waals surface area contributed by atoms with E-state index >= 15 is 0 Å². The molecule has 112 valence electrons. The number of H-pyrrole nitrogens is 1. The molecule has 4 rings (SSSR count). The SMILES string of the molecule is Cc1cc(-c2cn(-c3ccccc3)c3c(=O)[nH]cnc23)ccn1. The number of hydrogen-bond acceptors (Lipinski definition) is 3. The molecular formula is C18H14N4O. The third-order valence-corrected chi connectivity index (χ3v) is 3.82. The maximum Gasteiger partial charge on any atom is 0.275 e. The molecule has 3 heterocycles. The monoisotopic (exact) mass is 302 g/mol. The van der Waals surface area contributed by atoms with Crippen molar-refractivity contribution >= 4 is 11.0 Å². The summed E-state index contributed by atoms with van der Waals surface area (Å²) in [4.78, 5) is 23.6. The molecule has 0 saturated heterocycles. The minimum atomic E-state index is -0.157. The maximum absolute atomic E-state index is 12.4. The van der Waals surface area contributed by atoms with E-state index in [1.807, 2.05) is 60.2 Å². The van der Waals surface area contributed by atoms with Gasteiger partial charge in [0.1, 0.15) is 11.0 Å². The van der Waals surface area contributed by atoms with Crippen molar-refractivity contribution in [2.75, 3.05) is 0 Å². The van der Waals surface area contributed by atoms with Crippen LogP contribution in [0.25, 0.3) is 27.8 Å². The van der Waals surface area contributed by atoms with Gasteiger partial charge in [-0.2, -0.15) is 0 Å². The zero-order chi connectivity index (χ0) is 15.8. The Morgan fingerprint density at radius 1 is 1.09 bits per heavy atom. The molecule has 0 spiro atoms. The van der Waals surface area contributed by atoms with Gasteiger partial charge >= 0.3 is 0 Å². The average Bonchev–Trinajstić information content (AvgIpc) is 2.97. The normalized spacial score (nSPS) is 11.0. The van der Waals surface area contributed by atoms with E-state index in [2.05, 4.69) is 15.0 Å². The van der Waals surface area contributed by atoms with Gasteiger partial charge in [0.15, 0.2) is 0 Å². The van der Waals surface area contributed by atoms with Gasteiger partial charge in [-0.05, 0) is 36.8 Å². The molecule has 1 aromatic carbocycles. The Morgan fingerprint density at radius 3 is 2.70 bits per heavy atom. The quantitative estimate of drug-likeness (QED) is 0.619. The number of hydrogen-bond donors (Lipinski definition) is 1. The summed E-state index contributed by atoms with van der Waals surface area (Å²) in [7, 11) is 0. The number of pyridine rings is 1. The van der Waals surface area contributed by atoms with Crippen LogP contribution in [0.5, 0.6) is 0 Å². The zero-order valence-corrected chi connectivity index (χ0v) is 12.5. The molecule has 5 nitrogen and oxygen atoms in total. The Labute approximate surface area is 132 Å². The van der Waals surface area contributed by atoms with Crippen LogP contribution in [-0.4, -0.2) is 19.5 Å². The molecular weight excluding hydrogens is 288 g/mol. The molecule has 0 aliphatic carbocycles. The number of fused-ring (bicyclic) bond motifs is 1. The van der Waals surface area contributed by atoms with Crippen molar-refractivity contribution in [1.29, 1.82) is 0 Å². The molecule has 3 aromatic heterocycles. The fourth-order valence-corrected chi connectivity index (χ4v) is 2.78. The highest BCUT2D eigenvalue weighted by Crippen LogP contribution is 2.29. The molecule has 0 amide bonds. The average molecular weight is 302 g/mol. The number of rotatable bonds is 2. The lowest BCUT2D eigenvalue weighted by Gasteiger charge is -2.03. The van der Waals surface area contributed by atoms with E-state index in [0.717, 1.165) is 22.5 Å². The van der Waals surface area contributed by atoms with Crippen LogP contribution in [0.2, 0.25) is 0 Å². The number of aryl methyl sites for hydroxylation is 1. The molecule has 0 aliphatic rings. The van der Waals surface area contributed by atoms with Gasteiger partial charge in [-0.1, -0.05) is 18.2 Å². The van der Waals surface area contributed by atoms with Crippen LogP contribution < -0.4 is 5.56 Å².